The van der Waals surface area contributed by atoms with Crippen LogP contribution in [0.25, 0.3) is 0 Å². The summed E-state index contributed by atoms with van der Waals surface area (Å²) in [6, 6.07) is 1.24. The lowest BCUT2D eigenvalue weighted by atomic mass is 10.3. The van der Waals surface area contributed by atoms with Crippen LogP contribution in [0.15, 0.2) is 18.5 Å². The van der Waals surface area contributed by atoms with Gasteiger partial charge in [0.1, 0.15) is 6.04 Å². The first kappa shape index (κ1) is 8.45. The minimum absolute atomic E-state index is 0.406. The highest BCUT2D eigenvalue weighted by Gasteiger charge is 2.07. The van der Waals surface area contributed by atoms with Crippen molar-refractivity contribution in [3.05, 3.63) is 18.5 Å². The van der Waals surface area contributed by atoms with Crippen LogP contribution in [-0.4, -0.2) is 21.9 Å². The van der Waals surface area contributed by atoms with Crippen LogP contribution in [0.5, 0.6) is 0 Å². The molecule has 0 unspecified atom stereocenters. The summed E-state index contributed by atoms with van der Waals surface area (Å²) in [6.45, 7) is 1.65. The Morgan fingerprint density at radius 2 is 2.17 bits per heavy atom. The number of carbonyl (C=O) groups is 1. The summed E-state index contributed by atoms with van der Waals surface area (Å²) in [6.07, 6.45) is 3.17. The lowest BCUT2D eigenvalue weighted by molar-refractivity contribution is -0.118. The maximum absolute atomic E-state index is 10.6. The van der Waals surface area contributed by atoms with Gasteiger partial charge in [-0.1, -0.05) is 0 Å². The van der Waals surface area contributed by atoms with E-state index in [1.165, 1.54) is 0 Å². The van der Waals surface area contributed by atoms with Gasteiger partial charge in [-0.05, 0) is 13.0 Å². The summed E-state index contributed by atoms with van der Waals surface area (Å²) in [5.41, 5.74) is 5.03. The molecule has 0 aliphatic carbocycles. The molecule has 3 N–H and O–H groups in total. The molecule has 1 aromatic rings. The Hall–Kier alpha value is -1.65. The average molecular weight is 166 g/mol. The lowest BCUT2D eigenvalue weighted by Crippen LogP contribution is -2.33. The van der Waals surface area contributed by atoms with E-state index in [9.17, 15) is 4.79 Å². The van der Waals surface area contributed by atoms with Crippen molar-refractivity contribution in [2.75, 3.05) is 5.32 Å². The van der Waals surface area contributed by atoms with E-state index in [0.29, 0.717) is 5.95 Å². The lowest BCUT2D eigenvalue weighted by Gasteiger charge is -2.08. The van der Waals surface area contributed by atoms with Gasteiger partial charge in [-0.3, -0.25) is 4.79 Å². The fourth-order valence-electron chi connectivity index (χ4n) is 0.638. The van der Waals surface area contributed by atoms with Gasteiger partial charge < -0.3 is 11.1 Å². The summed E-state index contributed by atoms with van der Waals surface area (Å²) in [7, 11) is 0. The Bertz CT molecular complexity index is 261. The standard InChI is InChI=1S/C7H10N4O/c1-5(6(8)12)11-7-9-3-2-4-10-7/h2-5H,1H3,(H2,8,12)(H,9,10,11)/t5-/m0/s1. The maximum Gasteiger partial charge on any atom is 0.239 e. The van der Waals surface area contributed by atoms with Gasteiger partial charge in [0.05, 0.1) is 0 Å². The van der Waals surface area contributed by atoms with Crippen LogP contribution in [0.1, 0.15) is 6.92 Å². The highest BCUT2D eigenvalue weighted by Crippen LogP contribution is 1.96. The normalized spacial score (nSPS) is 12.1. The van der Waals surface area contributed by atoms with Crippen LogP contribution in [0.4, 0.5) is 5.95 Å². The predicted molar refractivity (Wildman–Crippen MR) is 44.3 cm³/mol. The van der Waals surface area contributed by atoms with Gasteiger partial charge in [0, 0.05) is 12.4 Å². The zero-order valence-electron chi connectivity index (χ0n) is 6.69. The van der Waals surface area contributed by atoms with Gasteiger partial charge in [0.25, 0.3) is 0 Å². The van der Waals surface area contributed by atoms with Crippen molar-refractivity contribution in [1.29, 1.82) is 0 Å². The molecule has 1 rings (SSSR count). The van der Waals surface area contributed by atoms with E-state index >= 15 is 0 Å². The Balaban J connectivity index is 2.58. The van der Waals surface area contributed by atoms with Crippen molar-refractivity contribution >= 4 is 11.9 Å². The maximum atomic E-state index is 10.6. The molecule has 5 nitrogen and oxygen atoms in total. The Labute approximate surface area is 70.0 Å². The molecular weight excluding hydrogens is 156 g/mol. The number of nitrogens with one attached hydrogen (secondary N) is 1. The molecule has 0 bridgehead atoms. The minimum Gasteiger partial charge on any atom is -0.368 e. The molecule has 0 radical (unpaired) electrons. The number of nitrogens with two attached hydrogens (primary N) is 1. The third-order valence-electron chi connectivity index (χ3n) is 1.34. The predicted octanol–water partition coefficient (Wildman–Crippen LogP) is -0.238. The smallest absolute Gasteiger partial charge is 0.239 e. The van der Waals surface area contributed by atoms with Crippen molar-refractivity contribution in [3.8, 4) is 0 Å². The Kier molecular flexibility index (Phi) is 2.57. The fraction of sp³-hybridized carbons (Fsp3) is 0.286. The van der Waals surface area contributed by atoms with E-state index in [4.69, 9.17) is 5.73 Å². The fourth-order valence-corrected chi connectivity index (χ4v) is 0.638. The summed E-state index contributed by atoms with van der Waals surface area (Å²) >= 11 is 0. The molecule has 1 aromatic heterocycles. The van der Waals surface area contributed by atoms with Gasteiger partial charge >= 0.3 is 0 Å². The molecule has 64 valence electrons. The number of primary amides is 1. The first-order valence-electron chi connectivity index (χ1n) is 3.53. The van der Waals surface area contributed by atoms with Crippen LogP contribution >= 0.6 is 0 Å². The van der Waals surface area contributed by atoms with Gasteiger partial charge in [0.15, 0.2) is 0 Å². The highest BCUT2D eigenvalue weighted by molar-refractivity contribution is 5.81. The van der Waals surface area contributed by atoms with Gasteiger partial charge in [-0.25, -0.2) is 9.97 Å². The van der Waals surface area contributed by atoms with Crippen LogP contribution in [0.2, 0.25) is 0 Å². The van der Waals surface area contributed by atoms with Crippen LogP contribution in [0.3, 0.4) is 0 Å². The zero-order valence-corrected chi connectivity index (χ0v) is 6.69. The molecule has 12 heavy (non-hydrogen) atoms. The van der Waals surface area contributed by atoms with E-state index < -0.39 is 11.9 Å². The molecule has 5 heteroatoms. The molecule has 0 aliphatic rings. The number of aromatic nitrogens is 2. The van der Waals surface area contributed by atoms with Gasteiger partial charge in [-0.2, -0.15) is 0 Å². The largest absolute Gasteiger partial charge is 0.368 e. The number of hydrogen-bond donors (Lipinski definition) is 2. The number of rotatable bonds is 3. The van der Waals surface area contributed by atoms with Crippen molar-refractivity contribution in [2.45, 2.75) is 13.0 Å². The molecule has 0 spiro atoms. The third-order valence-corrected chi connectivity index (χ3v) is 1.34. The van der Waals surface area contributed by atoms with Crippen LogP contribution < -0.4 is 11.1 Å². The molecule has 1 amide bonds. The monoisotopic (exact) mass is 166 g/mol. The summed E-state index contributed by atoms with van der Waals surface area (Å²) in [5, 5.41) is 2.74. The van der Waals surface area contributed by atoms with Crippen LogP contribution in [0, 0.1) is 0 Å². The molecule has 0 saturated heterocycles. The summed E-state index contributed by atoms with van der Waals surface area (Å²) in [5.74, 6) is -0.0220. The zero-order chi connectivity index (χ0) is 8.97. The number of amides is 1. The topological polar surface area (TPSA) is 80.9 Å². The number of carbonyl (C=O) groups excluding carboxylic acids is 1. The van der Waals surface area contributed by atoms with Crippen LogP contribution in [-0.2, 0) is 4.79 Å². The minimum atomic E-state index is -0.451. The molecule has 0 fully saturated rings. The highest BCUT2D eigenvalue weighted by atomic mass is 16.1. The number of hydrogen-bond acceptors (Lipinski definition) is 4. The number of nitrogens with zero attached hydrogens (tertiary/aromatic N) is 2. The molecule has 1 heterocycles. The van der Waals surface area contributed by atoms with Crippen molar-refractivity contribution in [3.63, 3.8) is 0 Å². The second kappa shape index (κ2) is 3.66. The average Bonchev–Trinajstić information content (AvgIpc) is 2.06. The second-order valence-electron chi connectivity index (χ2n) is 2.34. The molecular formula is C7H10N4O. The Morgan fingerprint density at radius 3 is 2.67 bits per heavy atom. The third kappa shape index (κ3) is 2.19. The first-order chi connectivity index (χ1) is 5.70. The first-order valence-corrected chi connectivity index (χ1v) is 3.53. The van der Waals surface area contributed by atoms with Gasteiger partial charge in [0.2, 0.25) is 11.9 Å². The van der Waals surface area contributed by atoms with E-state index in [2.05, 4.69) is 15.3 Å². The molecule has 1 atom stereocenters. The van der Waals surface area contributed by atoms with E-state index in [-0.39, 0.29) is 0 Å². The van der Waals surface area contributed by atoms with Gasteiger partial charge in [-0.15, -0.1) is 0 Å². The molecule has 0 aliphatic heterocycles. The quantitative estimate of drug-likeness (QED) is 0.649. The molecule has 0 saturated carbocycles. The summed E-state index contributed by atoms with van der Waals surface area (Å²) < 4.78 is 0. The summed E-state index contributed by atoms with van der Waals surface area (Å²) in [4.78, 5) is 18.4. The second-order valence-corrected chi connectivity index (χ2v) is 2.34. The SMILES string of the molecule is C[C@H](Nc1ncccn1)C(N)=O. The van der Waals surface area contributed by atoms with E-state index in [1.54, 1.807) is 25.4 Å². The van der Waals surface area contributed by atoms with Crippen molar-refractivity contribution in [2.24, 2.45) is 5.73 Å². The van der Waals surface area contributed by atoms with E-state index in [1.807, 2.05) is 0 Å². The van der Waals surface area contributed by atoms with Crippen molar-refractivity contribution < 1.29 is 4.79 Å². The molecule has 0 aromatic carbocycles. The number of anilines is 1. The Morgan fingerprint density at radius 1 is 1.58 bits per heavy atom. The van der Waals surface area contributed by atoms with E-state index in [0.717, 1.165) is 0 Å². The van der Waals surface area contributed by atoms with Crippen molar-refractivity contribution in [1.82, 2.24) is 9.97 Å².